The van der Waals surface area contributed by atoms with Crippen LogP contribution < -0.4 is 20.7 Å². The van der Waals surface area contributed by atoms with Crippen molar-refractivity contribution in [3.05, 3.63) is 106 Å². The summed E-state index contributed by atoms with van der Waals surface area (Å²) in [5, 5.41) is 28.0. The number of anilines is 2. The van der Waals surface area contributed by atoms with Gasteiger partial charge in [0.1, 0.15) is 28.3 Å². The van der Waals surface area contributed by atoms with Crippen molar-refractivity contribution in [2.45, 2.75) is 37.0 Å². The number of rotatable bonds is 10. The molecule has 11 nitrogen and oxygen atoms in total. The lowest BCUT2D eigenvalue weighted by Crippen LogP contribution is -2.33. The van der Waals surface area contributed by atoms with E-state index in [1.54, 1.807) is 72.5 Å². The monoisotopic (exact) mass is 695 g/mol. The number of nitrogens with one attached hydrogen (secondary N) is 3. The number of hydrogen-bond acceptors (Lipinski definition) is 9. The van der Waals surface area contributed by atoms with Crippen LogP contribution in [0.25, 0.3) is 6.08 Å². The van der Waals surface area contributed by atoms with E-state index in [4.69, 9.17) is 4.74 Å². The minimum atomic E-state index is -0.610. The number of ether oxygens (including phenoxy) is 1. The molecule has 3 aromatic carbocycles. The highest BCUT2D eigenvalue weighted by Gasteiger charge is 2.27. The number of aromatic hydroxyl groups is 1. The molecule has 1 aliphatic rings. The number of amides is 4. The third kappa shape index (κ3) is 8.48. The van der Waals surface area contributed by atoms with E-state index < -0.39 is 17.1 Å². The van der Waals surface area contributed by atoms with Crippen LogP contribution in [-0.2, 0) is 27.3 Å². The summed E-state index contributed by atoms with van der Waals surface area (Å²) >= 11 is 2.59. The highest BCUT2D eigenvalue weighted by Crippen LogP contribution is 2.37. The van der Waals surface area contributed by atoms with Gasteiger partial charge < -0.3 is 30.7 Å². The Balaban J connectivity index is 1.30. The average molecular weight is 696 g/mol. The summed E-state index contributed by atoms with van der Waals surface area (Å²) < 4.78 is 5.36. The number of benzene rings is 3. The van der Waals surface area contributed by atoms with Gasteiger partial charge in [-0.15, -0.1) is 23.1 Å². The Morgan fingerprint density at radius 2 is 1.84 bits per heavy atom. The Bertz CT molecular complexity index is 1990. The first-order valence-electron chi connectivity index (χ1n) is 15.2. The summed E-state index contributed by atoms with van der Waals surface area (Å²) in [4.78, 5) is 55.1. The van der Waals surface area contributed by atoms with Gasteiger partial charge in [-0.2, -0.15) is 5.26 Å². The van der Waals surface area contributed by atoms with E-state index in [2.05, 4.69) is 22.0 Å². The van der Waals surface area contributed by atoms with Crippen LogP contribution in [0.1, 0.15) is 45.8 Å². The highest BCUT2D eigenvalue weighted by molar-refractivity contribution is 8.00. The van der Waals surface area contributed by atoms with Gasteiger partial charge in [-0.1, -0.05) is 24.3 Å². The Kier molecular flexibility index (Phi) is 11.0. The van der Waals surface area contributed by atoms with E-state index in [9.17, 15) is 29.5 Å². The fourth-order valence-corrected chi connectivity index (χ4v) is 7.26. The Morgan fingerprint density at radius 1 is 1.06 bits per heavy atom. The Labute approximate surface area is 291 Å². The first-order chi connectivity index (χ1) is 23.6. The Hall–Kier alpha value is -5.58. The molecule has 0 saturated carbocycles. The molecule has 4 N–H and O–H groups in total. The molecule has 4 amide bonds. The number of carbonyl (C=O) groups is 4. The molecule has 1 unspecified atom stereocenters. The minimum Gasteiger partial charge on any atom is -0.508 e. The van der Waals surface area contributed by atoms with Gasteiger partial charge in [0.2, 0.25) is 11.8 Å². The normalized spacial score (nSPS) is 13.0. The predicted octanol–water partition coefficient (Wildman–Crippen LogP) is 5.77. The van der Waals surface area contributed by atoms with Crippen LogP contribution in [0.5, 0.6) is 11.5 Å². The number of methoxy groups -OCH3 is 1. The molecule has 0 fully saturated rings. The summed E-state index contributed by atoms with van der Waals surface area (Å²) in [5.41, 5.74) is 2.47. The van der Waals surface area contributed by atoms with E-state index in [1.807, 2.05) is 0 Å². The summed E-state index contributed by atoms with van der Waals surface area (Å²) in [6, 6.07) is 22.0. The zero-order valence-electron chi connectivity index (χ0n) is 26.9. The second kappa shape index (κ2) is 15.5. The van der Waals surface area contributed by atoms with Gasteiger partial charge in [-0.3, -0.25) is 19.2 Å². The third-order valence-electron chi connectivity index (χ3n) is 7.67. The van der Waals surface area contributed by atoms with Gasteiger partial charge in [-0.05, 0) is 67.4 Å². The molecule has 4 aromatic rings. The number of phenolic OH excluding ortho intramolecular Hbond substituents is 1. The molecule has 13 heteroatoms. The molecule has 0 bridgehead atoms. The maximum atomic E-state index is 13.6. The number of carbonyl (C=O) groups excluding carboxylic acids is 4. The van der Waals surface area contributed by atoms with E-state index >= 15 is 0 Å². The molecule has 49 heavy (non-hydrogen) atoms. The fraction of sp³-hybridized carbons (Fsp3) is 0.194. The summed E-state index contributed by atoms with van der Waals surface area (Å²) in [6.07, 6.45) is 2.01. The predicted molar refractivity (Wildman–Crippen MR) is 189 cm³/mol. The first-order valence-corrected chi connectivity index (χ1v) is 16.9. The molecule has 0 aliphatic carbocycles. The molecule has 0 saturated heterocycles. The van der Waals surface area contributed by atoms with Crippen molar-refractivity contribution in [1.29, 1.82) is 5.26 Å². The average Bonchev–Trinajstić information content (AvgIpc) is 3.44. The number of phenols is 1. The van der Waals surface area contributed by atoms with E-state index in [1.165, 1.54) is 55.3 Å². The van der Waals surface area contributed by atoms with E-state index in [0.717, 1.165) is 10.4 Å². The van der Waals surface area contributed by atoms with E-state index in [0.29, 0.717) is 57.5 Å². The molecule has 0 spiro atoms. The molecular weight excluding hydrogens is 663 g/mol. The smallest absolute Gasteiger partial charge is 0.272 e. The molecule has 2 heterocycles. The second-order valence-electron chi connectivity index (χ2n) is 11.0. The first kappa shape index (κ1) is 34.7. The summed E-state index contributed by atoms with van der Waals surface area (Å²) in [5.74, 6) is -1.16. The van der Waals surface area contributed by atoms with Crippen molar-refractivity contribution in [3.8, 4) is 17.6 Å². The third-order valence-corrected chi connectivity index (χ3v) is 9.90. The second-order valence-corrected chi connectivity index (χ2v) is 13.6. The minimum absolute atomic E-state index is 0.0217. The van der Waals surface area contributed by atoms with Crippen molar-refractivity contribution in [2.24, 2.45) is 0 Å². The lowest BCUT2D eigenvalue weighted by Gasteiger charge is -2.25. The lowest BCUT2D eigenvalue weighted by molar-refractivity contribution is -0.129. The number of hydrogen-bond donors (Lipinski definition) is 4. The van der Waals surface area contributed by atoms with Crippen LogP contribution >= 0.6 is 23.1 Å². The van der Waals surface area contributed by atoms with Crippen LogP contribution in [0, 0.1) is 11.3 Å². The maximum absolute atomic E-state index is 13.6. The molecule has 1 atom stereocenters. The summed E-state index contributed by atoms with van der Waals surface area (Å²) in [7, 11) is 1.43. The number of thiophene rings is 1. The van der Waals surface area contributed by atoms with Gasteiger partial charge in [0.05, 0.1) is 24.5 Å². The van der Waals surface area contributed by atoms with Crippen molar-refractivity contribution >= 4 is 63.5 Å². The van der Waals surface area contributed by atoms with Crippen LogP contribution in [-0.4, -0.2) is 52.5 Å². The van der Waals surface area contributed by atoms with Crippen LogP contribution in [0.2, 0.25) is 0 Å². The van der Waals surface area contributed by atoms with Crippen molar-refractivity contribution < 1.29 is 29.0 Å². The largest absolute Gasteiger partial charge is 0.508 e. The molecule has 1 aliphatic heterocycles. The number of nitriles is 1. The molecular formula is C36H33N5O6S2. The number of nitrogens with zero attached hydrogens (tertiary/aromatic N) is 2. The van der Waals surface area contributed by atoms with E-state index in [-0.39, 0.29) is 23.3 Å². The van der Waals surface area contributed by atoms with Gasteiger partial charge in [0.25, 0.3) is 11.8 Å². The Morgan fingerprint density at radius 3 is 2.55 bits per heavy atom. The zero-order valence-corrected chi connectivity index (χ0v) is 28.5. The zero-order chi connectivity index (χ0) is 35.1. The molecule has 0 radical (unpaired) electrons. The van der Waals surface area contributed by atoms with Crippen molar-refractivity contribution in [2.75, 3.05) is 24.3 Å². The van der Waals surface area contributed by atoms with Gasteiger partial charge in [0, 0.05) is 46.1 Å². The van der Waals surface area contributed by atoms with Crippen LogP contribution in [0.3, 0.4) is 0 Å². The van der Waals surface area contributed by atoms with Crippen molar-refractivity contribution in [1.82, 2.24) is 10.2 Å². The molecule has 1 aromatic heterocycles. The summed E-state index contributed by atoms with van der Waals surface area (Å²) in [6.45, 7) is 4.20. The highest BCUT2D eigenvalue weighted by atomic mass is 32.2. The molecule has 5 rings (SSSR count). The van der Waals surface area contributed by atoms with Crippen LogP contribution in [0.15, 0.2) is 83.4 Å². The van der Waals surface area contributed by atoms with Gasteiger partial charge >= 0.3 is 0 Å². The molecule has 250 valence electrons. The van der Waals surface area contributed by atoms with Gasteiger partial charge in [0.15, 0.2) is 0 Å². The lowest BCUT2D eigenvalue weighted by atomic mass is 10.0. The van der Waals surface area contributed by atoms with Crippen molar-refractivity contribution in [3.63, 3.8) is 0 Å². The quantitative estimate of drug-likeness (QED) is 0.120. The number of fused-ring (bicyclic) bond motifs is 1. The maximum Gasteiger partial charge on any atom is 0.272 e. The SMILES string of the molecule is COc1cc(O)ccc1/C=C(/NC(=O)c1ccccc1)C(=O)Nc1cccc(SC(C)C(=O)Nc2sc3c(c2C#N)CCN(C(C)=O)C3)c1. The fourth-order valence-electron chi connectivity index (χ4n) is 5.11. The standard InChI is InChI=1S/C36H33N5O6S2/c1-21(33(44)40-36-29(19-37)28-14-15-41(22(2)42)20-32(28)49-36)48-27-11-7-10-25(17-27)38-35(46)30(39-34(45)23-8-5-4-6-9-23)16-24-12-13-26(43)18-31(24)47-3/h4-13,16-18,21,43H,14-15,20H2,1-3H3,(H,38,46)(H,39,45)(H,40,44)/b30-16+. The number of thioether (sulfide) groups is 1. The van der Waals surface area contributed by atoms with Gasteiger partial charge in [-0.25, -0.2) is 0 Å². The van der Waals surface area contributed by atoms with Crippen LogP contribution in [0.4, 0.5) is 10.7 Å². The topological polar surface area (TPSA) is 161 Å².